The number of aryl methyl sites for hydroxylation is 1. The molecule has 0 spiro atoms. The van der Waals surface area contributed by atoms with Crippen LogP contribution in [0.5, 0.6) is 5.75 Å². The first-order valence-corrected chi connectivity index (χ1v) is 14.0. The van der Waals surface area contributed by atoms with Gasteiger partial charge in [-0.3, -0.25) is 9.10 Å². The van der Waals surface area contributed by atoms with Crippen molar-refractivity contribution >= 4 is 55.5 Å². The number of fused-ring (bicyclic) bond motifs is 2. The Labute approximate surface area is 217 Å². The molecule has 0 unspecified atom stereocenters. The molecule has 188 valence electrons. The highest BCUT2D eigenvalue weighted by Crippen LogP contribution is 2.40. The maximum atomic E-state index is 13.5. The molecule has 1 N–H and O–H groups in total. The highest BCUT2D eigenvalue weighted by Gasteiger charge is 2.38. The second-order valence-corrected chi connectivity index (χ2v) is 11.9. The third-order valence-corrected chi connectivity index (χ3v) is 9.48. The van der Waals surface area contributed by atoms with Crippen LogP contribution in [0.3, 0.4) is 0 Å². The predicted octanol–water partition coefficient (Wildman–Crippen LogP) is 4.66. The minimum atomic E-state index is -4.02. The van der Waals surface area contributed by atoms with Gasteiger partial charge in [-0.15, -0.1) is 11.3 Å². The summed E-state index contributed by atoms with van der Waals surface area (Å²) in [5, 5.41) is 3.62. The van der Waals surface area contributed by atoms with E-state index in [1.54, 1.807) is 24.3 Å². The Bertz CT molecular complexity index is 1440. The van der Waals surface area contributed by atoms with E-state index in [9.17, 15) is 18.0 Å². The van der Waals surface area contributed by atoms with Gasteiger partial charge in [0.15, 0.2) is 6.10 Å². The second-order valence-electron chi connectivity index (χ2n) is 8.46. The fourth-order valence-electron chi connectivity index (χ4n) is 4.46. The van der Waals surface area contributed by atoms with E-state index >= 15 is 0 Å². The first-order valence-electron chi connectivity index (χ1n) is 11.4. The molecular formula is C25H23ClN2O6S2. The predicted molar refractivity (Wildman–Crippen MR) is 138 cm³/mol. The molecule has 8 nitrogen and oxygen atoms in total. The number of carbonyl (C=O) groups excluding carboxylic acids is 2. The molecule has 1 aliphatic carbocycles. The van der Waals surface area contributed by atoms with E-state index < -0.39 is 28.0 Å². The van der Waals surface area contributed by atoms with Crippen molar-refractivity contribution in [3.63, 3.8) is 0 Å². The van der Waals surface area contributed by atoms with Crippen molar-refractivity contribution in [2.45, 2.75) is 36.7 Å². The van der Waals surface area contributed by atoms with Crippen LogP contribution in [0, 0.1) is 0 Å². The molecule has 1 atom stereocenters. The zero-order valence-corrected chi connectivity index (χ0v) is 21.7. The Kier molecular flexibility index (Phi) is 6.67. The summed E-state index contributed by atoms with van der Waals surface area (Å²) in [6.45, 7) is -0.244. The molecule has 2 heterocycles. The molecule has 3 aromatic rings. The number of hydrogen-bond acceptors (Lipinski definition) is 7. The van der Waals surface area contributed by atoms with Gasteiger partial charge in [0.2, 0.25) is 0 Å². The summed E-state index contributed by atoms with van der Waals surface area (Å²) >= 11 is 7.30. The Hall–Kier alpha value is -3.08. The van der Waals surface area contributed by atoms with E-state index in [0.717, 1.165) is 36.1 Å². The average molecular weight is 547 g/mol. The van der Waals surface area contributed by atoms with E-state index in [-0.39, 0.29) is 17.2 Å². The lowest BCUT2D eigenvalue weighted by Crippen LogP contribution is -2.48. The van der Waals surface area contributed by atoms with Crippen LogP contribution in [0.4, 0.5) is 10.7 Å². The van der Waals surface area contributed by atoms with Gasteiger partial charge in [-0.1, -0.05) is 23.7 Å². The first kappa shape index (κ1) is 24.6. The standard InChI is InChI=1S/C25H23ClN2O6S2/c1-33-25(30)22-17-6-2-5-9-21(17)35-24(22)27-23(29)20-14-28(18-7-3-4-8-19(18)34-20)36(31,32)16-12-10-15(26)11-13-16/h3-4,7-8,10-13,20H,2,5-6,9,14H2,1H3,(H,27,29)/t20-/m1/s1. The normalized spacial score (nSPS) is 16.9. The number of benzene rings is 2. The summed E-state index contributed by atoms with van der Waals surface area (Å²) in [6.07, 6.45) is 2.40. The Morgan fingerprint density at radius 1 is 1.11 bits per heavy atom. The van der Waals surface area contributed by atoms with Crippen LogP contribution in [0.15, 0.2) is 53.4 Å². The minimum Gasteiger partial charge on any atom is -0.476 e. The van der Waals surface area contributed by atoms with Gasteiger partial charge in [-0.2, -0.15) is 0 Å². The number of esters is 1. The number of thiophene rings is 1. The molecule has 2 aromatic carbocycles. The van der Waals surface area contributed by atoms with Crippen LogP contribution in [-0.2, 0) is 32.4 Å². The van der Waals surface area contributed by atoms with Crippen molar-refractivity contribution in [3.05, 3.63) is 69.6 Å². The molecule has 0 saturated carbocycles. The van der Waals surface area contributed by atoms with E-state index in [0.29, 0.717) is 21.3 Å². The molecule has 11 heteroatoms. The van der Waals surface area contributed by atoms with Crippen molar-refractivity contribution in [2.24, 2.45) is 0 Å². The molecule has 1 aromatic heterocycles. The van der Waals surface area contributed by atoms with E-state index in [2.05, 4.69) is 5.32 Å². The molecular weight excluding hydrogens is 524 g/mol. The topological polar surface area (TPSA) is 102 Å². The van der Waals surface area contributed by atoms with Crippen molar-refractivity contribution in [1.82, 2.24) is 0 Å². The number of para-hydroxylation sites is 2. The molecule has 0 radical (unpaired) electrons. The van der Waals surface area contributed by atoms with E-state index in [1.165, 1.54) is 47.0 Å². The number of sulfonamides is 1. The number of rotatable bonds is 5. The lowest BCUT2D eigenvalue weighted by molar-refractivity contribution is -0.122. The van der Waals surface area contributed by atoms with Crippen LogP contribution >= 0.6 is 22.9 Å². The number of hydrogen-bond donors (Lipinski definition) is 1. The molecule has 36 heavy (non-hydrogen) atoms. The number of ether oxygens (including phenoxy) is 2. The van der Waals surface area contributed by atoms with Gasteiger partial charge in [-0.05, 0) is 67.6 Å². The van der Waals surface area contributed by atoms with Crippen molar-refractivity contribution in [3.8, 4) is 5.75 Å². The number of anilines is 2. The Morgan fingerprint density at radius 2 is 1.83 bits per heavy atom. The van der Waals surface area contributed by atoms with Gasteiger partial charge in [0.1, 0.15) is 10.8 Å². The first-order chi connectivity index (χ1) is 17.3. The number of methoxy groups -OCH3 is 1. The van der Waals surface area contributed by atoms with Crippen molar-refractivity contribution in [1.29, 1.82) is 0 Å². The van der Waals surface area contributed by atoms with Gasteiger partial charge < -0.3 is 14.8 Å². The highest BCUT2D eigenvalue weighted by atomic mass is 35.5. The fraction of sp³-hybridized carbons (Fsp3) is 0.280. The third kappa shape index (κ3) is 4.44. The summed E-state index contributed by atoms with van der Waals surface area (Å²) < 4.78 is 39.2. The van der Waals surface area contributed by atoms with Crippen LogP contribution in [0.25, 0.3) is 0 Å². The summed E-state index contributed by atoms with van der Waals surface area (Å²) in [6, 6.07) is 12.5. The zero-order chi connectivity index (χ0) is 25.4. The maximum Gasteiger partial charge on any atom is 0.341 e. The van der Waals surface area contributed by atoms with E-state index in [1.807, 2.05) is 0 Å². The van der Waals surface area contributed by atoms with Crippen LogP contribution < -0.4 is 14.4 Å². The van der Waals surface area contributed by atoms with Gasteiger partial charge in [-0.25, -0.2) is 13.2 Å². The lowest BCUT2D eigenvalue weighted by Gasteiger charge is -2.34. The average Bonchev–Trinajstić information content (AvgIpc) is 3.25. The van der Waals surface area contributed by atoms with Crippen LogP contribution in [0.1, 0.15) is 33.6 Å². The molecule has 2 aliphatic rings. The Morgan fingerprint density at radius 3 is 2.58 bits per heavy atom. The molecule has 0 fully saturated rings. The molecule has 5 rings (SSSR count). The number of nitrogens with one attached hydrogen (secondary N) is 1. The zero-order valence-electron chi connectivity index (χ0n) is 19.3. The third-order valence-electron chi connectivity index (χ3n) is 6.23. The molecule has 0 bridgehead atoms. The highest BCUT2D eigenvalue weighted by molar-refractivity contribution is 7.92. The number of halogens is 1. The lowest BCUT2D eigenvalue weighted by atomic mass is 9.95. The maximum absolute atomic E-state index is 13.5. The SMILES string of the molecule is COC(=O)c1c(NC(=O)[C@H]2CN(S(=O)(=O)c3ccc(Cl)cc3)c3ccccc3O2)sc2c1CCCC2. The van der Waals surface area contributed by atoms with E-state index in [4.69, 9.17) is 21.1 Å². The van der Waals surface area contributed by atoms with Crippen LogP contribution in [-0.4, -0.2) is 40.1 Å². The molecule has 0 saturated heterocycles. The van der Waals surface area contributed by atoms with Gasteiger partial charge >= 0.3 is 5.97 Å². The minimum absolute atomic E-state index is 0.0432. The van der Waals surface area contributed by atoms with Crippen molar-refractivity contribution < 1.29 is 27.5 Å². The largest absolute Gasteiger partial charge is 0.476 e. The molecule has 1 amide bonds. The number of amides is 1. The Balaban J connectivity index is 1.47. The number of carbonyl (C=O) groups is 2. The fourth-order valence-corrected chi connectivity index (χ4v) is 7.35. The number of nitrogens with zero attached hydrogens (tertiary/aromatic N) is 1. The smallest absolute Gasteiger partial charge is 0.341 e. The van der Waals surface area contributed by atoms with Gasteiger partial charge in [0.05, 0.1) is 29.8 Å². The summed E-state index contributed by atoms with van der Waals surface area (Å²) in [5.41, 5.74) is 1.61. The molecule has 1 aliphatic heterocycles. The summed E-state index contributed by atoms with van der Waals surface area (Å²) in [5.74, 6) is -0.795. The summed E-state index contributed by atoms with van der Waals surface area (Å²) in [4.78, 5) is 27.0. The van der Waals surface area contributed by atoms with Crippen molar-refractivity contribution in [2.75, 3.05) is 23.3 Å². The second kappa shape index (κ2) is 9.76. The monoisotopic (exact) mass is 546 g/mol. The van der Waals surface area contributed by atoms with Gasteiger partial charge in [0.25, 0.3) is 15.9 Å². The van der Waals surface area contributed by atoms with Gasteiger partial charge in [0, 0.05) is 9.90 Å². The van der Waals surface area contributed by atoms with Crippen LogP contribution in [0.2, 0.25) is 5.02 Å². The summed E-state index contributed by atoms with van der Waals surface area (Å²) in [7, 11) is -2.71. The quantitative estimate of drug-likeness (QED) is 0.467.